The predicted octanol–water partition coefficient (Wildman–Crippen LogP) is 2.71. The Balaban J connectivity index is 1.63. The van der Waals surface area contributed by atoms with Gasteiger partial charge < -0.3 is 5.32 Å². The number of nitrogens with zero attached hydrogens (tertiary/aromatic N) is 2. The van der Waals surface area contributed by atoms with Gasteiger partial charge >= 0.3 is 0 Å². The van der Waals surface area contributed by atoms with E-state index in [1.165, 1.54) is 4.90 Å². The Kier molecular flexibility index (Phi) is 4.47. The molecule has 0 radical (unpaired) electrons. The van der Waals surface area contributed by atoms with Crippen LogP contribution in [0.3, 0.4) is 0 Å². The summed E-state index contributed by atoms with van der Waals surface area (Å²) in [5.41, 5.74) is -0.295. The van der Waals surface area contributed by atoms with Crippen LogP contribution in [-0.2, 0) is 9.59 Å². The van der Waals surface area contributed by atoms with E-state index < -0.39 is 11.6 Å². The third kappa shape index (κ3) is 3.09. The highest BCUT2D eigenvalue weighted by molar-refractivity contribution is 6.02. The molecule has 24 heavy (non-hydrogen) atoms. The van der Waals surface area contributed by atoms with Crippen molar-refractivity contribution in [1.29, 1.82) is 5.26 Å². The molecule has 2 aliphatic rings. The molecule has 0 aromatic heterocycles. The maximum atomic E-state index is 13.9. The van der Waals surface area contributed by atoms with Crippen LogP contribution in [0.5, 0.6) is 0 Å². The number of hydrogen-bond acceptors (Lipinski definition) is 4. The fourth-order valence-corrected chi connectivity index (χ4v) is 3.46. The van der Waals surface area contributed by atoms with E-state index >= 15 is 0 Å². The van der Waals surface area contributed by atoms with E-state index in [1.54, 1.807) is 6.07 Å². The first-order valence-electron chi connectivity index (χ1n) is 8.00. The number of rotatable bonds is 3. The maximum absolute atomic E-state index is 13.9. The van der Waals surface area contributed by atoms with Gasteiger partial charge in [-0.05, 0) is 37.8 Å². The van der Waals surface area contributed by atoms with Gasteiger partial charge in [0.1, 0.15) is 5.69 Å². The van der Waals surface area contributed by atoms with Crippen molar-refractivity contribution >= 4 is 17.5 Å². The van der Waals surface area contributed by atoms with Crippen molar-refractivity contribution in [1.82, 2.24) is 4.90 Å². The summed E-state index contributed by atoms with van der Waals surface area (Å²) in [6.45, 7) is 0. The summed E-state index contributed by atoms with van der Waals surface area (Å²) >= 11 is 0. The SMILES string of the molecule is N#Cc1cc(F)c(NC2CCC(N3C(=O)CCC3=O)CC2)c(F)c1. The van der Waals surface area contributed by atoms with Crippen LogP contribution in [0.25, 0.3) is 0 Å². The van der Waals surface area contributed by atoms with Crippen LogP contribution in [0, 0.1) is 23.0 Å². The minimum Gasteiger partial charge on any atom is -0.378 e. The first kappa shape index (κ1) is 16.4. The van der Waals surface area contributed by atoms with E-state index in [9.17, 15) is 18.4 Å². The number of carbonyl (C=O) groups is 2. The second-order valence-electron chi connectivity index (χ2n) is 6.23. The Morgan fingerprint density at radius 1 is 1.04 bits per heavy atom. The normalized spacial score (nSPS) is 24.1. The van der Waals surface area contributed by atoms with Gasteiger partial charge in [0, 0.05) is 24.9 Å². The van der Waals surface area contributed by atoms with Gasteiger partial charge in [0.05, 0.1) is 11.6 Å². The molecule has 7 heteroatoms. The van der Waals surface area contributed by atoms with Crippen molar-refractivity contribution in [3.63, 3.8) is 0 Å². The molecule has 0 bridgehead atoms. The minimum absolute atomic E-state index is 0.0645. The number of imide groups is 1. The number of hydrogen-bond donors (Lipinski definition) is 1. The molecule has 1 aliphatic carbocycles. The number of amides is 2. The molecular weight excluding hydrogens is 316 g/mol. The van der Waals surface area contributed by atoms with Crippen molar-refractivity contribution in [2.75, 3.05) is 5.32 Å². The highest BCUT2D eigenvalue weighted by Gasteiger charge is 2.37. The lowest BCUT2D eigenvalue weighted by Gasteiger charge is -2.34. The topological polar surface area (TPSA) is 73.2 Å². The van der Waals surface area contributed by atoms with Crippen LogP contribution in [-0.4, -0.2) is 28.8 Å². The van der Waals surface area contributed by atoms with Gasteiger partial charge in [-0.15, -0.1) is 0 Å². The molecule has 1 saturated heterocycles. The zero-order valence-electron chi connectivity index (χ0n) is 13.0. The van der Waals surface area contributed by atoms with E-state index in [-0.39, 0.29) is 48.0 Å². The van der Waals surface area contributed by atoms with Crippen molar-refractivity contribution in [2.24, 2.45) is 0 Å². The Bertz CT molecular complexity index is 682. The molecular formula is C17H17F2N3O2. The monoisotopic (exact) mass is 333 g/mol. The standard InChI is InChI=1S/C17H17F2N3O2/c18-13-7-10(9-20)8-14(19)17(13)21-11-1-3-12(4-2-11)22-15(23)5-6-16(22)24/h7-8,11-12,21H,1-6H2. The number of benzene rings is 1. The molecule has 3 rings (SSSR count). The van der Waals surface area contributed by atoms with E-state index in [2.05, 4.69) is 5.32 Å². The number of likely N-dealkylation sites (tertiary alicyclic amines) is 1. The van der Waals surface area contributed by atoms with E-state index in [1.807, 2.05) is 0 Å². The zero-order chi connectivity index (χ0) is 17.3. The number of nitriles is 1. The number of halogens is 2. The second-order valence-corrected chi connectivity index (χ2v) is 6.23. The summed E-state index contributed by atoms with van der Waals surface area (Å²) in [6, 6.07) is 3.46. The maximum Gasteiger partial charge on any atom is 0.229 e. The van der Waals surface area contributed by atoms with Crippen molar-refractivity contribution < 1.29 is 18.4 Å². The first-order valence-corrected chi connectivity index (χ1v) is 8.00. The summed E-state index contributed by atoms with van der Waals surface area (Å²) in [4.78, 5) is 24.9. The smallest absolute Gasteiger partial charge is 0.229 e. The van der Waals surface area contributed by atoms with Gasteiger partial charge in [0.2, 0.25) is 11.8 Å². The van der Waals surface area contributed by atoms with Crippen molar-refractivity contribution in [3.8, 4) is 6.07 Å². The Morgan fingerprint density at radius 2 is 1.58 bits per heavy atom. The summed E-state index contributed by atoms with van der Waals surface area (Å²) in [6.07, 6.45) is 3.02. The quantitative estimate of drug-likeness (QED) is 0.863. The predicted molar refractivity (Wildman–Crippen MR) is 81.8 cm³/mol. The average Bonchev–Trinajstić information content (AvgIpc) is 2.90. The first-order chi connectivity index (χ1) is 11.5. The largest absolute Gasteiger partial charge is 0.378 e. The fraction of sp³-hybridized carbons (Fsp3) is 0.471. The average molecular weight is 333 g/mol. The summed E-state index contributed by atoms with van der Waals surface area (Å²) in [7, 11) is 0. The van der Waals surface area contributed by atoms with Crippen LogP contribution in [0.2, 0.25) is 0 Å². The van der Waals surface area contributed by atoms with Crippen LogP contribution < -0.4 is 5.32 Å². The minimum atomic E-state index is -0.793. The molecule has 1 saturated carbocycles. The molecule has 0 atom stereocenters. The highest BCUT2D eigenvalue weighted by Crippen LogP contribution is 2.30. The Labute approximate surface area is 138 Å². The molecule has 5 nitrogen and oxygen atoms in total. The highest BCUT2D eigenvalue weighted by atomic mass is 19.1. The van der Waals surface area contributed by atoms with Crippen molar-refractivity contribution in [3.05, 3.63) is 29.3 Å². The molecule has 1 aromatic carbocycles. The lowest BCUT2D eigenvalue weighted by atomic mass is 9.90. The third-order valence-corrected chi connectivity index (χ3v) is 4.67. The van der Waals surface area contributed by atoms with E-state index in [0.717, 1.165) is 12.1 Å². The van der Waals surface area contributed by atoms with E-state index in [0.29, 0.717) is 25.7 Å². The Hall–Kier alpha value is -2.49. The van der Waals surface area contributed by atoms with Gasteiger partial charge in [0.15, 0.2) is 11.6 Å². The number of nitrogens with one attached hydrogen (secondary N) is 1. The Morgan fingerprint density at radius 3 is 2.08 bits per heavy atom. The van der Waals surface area contributed by atoms with Gasteiger partial charge in [-0.2, -0.15) is 5.26 Å². The molecule has 1 heterocycles. The molecule has 1 aromatic rings. The van der Waals surface area contributed by atoms with Gasteiger partial charge in [-0.1, -0.05) is 0 Å². The summed E-state index contributed by atoms with van der Waals surface area (Å²) in [5, 5.41) is 11.6. The van der Waals surface area contributed by atoms with Gasteiger partial charge in [-0.3, -0.25) is 14.5 Å². The molecule has 0 spiro atoms. The zero-order valence-corrected chi connectivity index (χ0v) is 13.0. The summed E-state index contributed by atoms with van der Waals surface area (Å²) < 4.78 is 27.9. The van der Waals surface area contributed by atoms with Crippen LogP contribution in [0.15, 0.2) is 12.1 Å². The van der Waals surface area contributed by atoms with Gasteiger partial charge in [-0.25, -0.2) is 8.78 Å². The molecule has 0 unspecified atom stereocenters. The number of anilines is 1. The van der Waals surface area contributed by atoms with Crippen LogP contribution >= 0.6 is 0 Å². The number of carbonyl (C=O) groups excluding carboxylic acids is 2. The van der Waals surface area contributed by atoms with Crippen LogP contribution in [0.1, 0.15) is 44.1 Å². The molecule has 126 valence electrons. The fourth-order valence-electron chi connectivity index (χ4n) is 3.46. The van der Waals surface area contributed by atoms with Gasteiger partial charge in [0.25, 0.3) is 0 Å². The molecule has 1 aliphatic heterocycles. The lowest BCUT2D eigenvalue weighted by molar-refractivity contribution is -0.141. The lowest BCUT2D eigenvalue weighted by Crippen LogP contribution is -2.43. The van der Waals surface area contributed by atoms with E-state index in [4.69, 9.17) is 5.26 Å². The molecule has 2 fully saturated rings. The second kappa shape index (κ2) is 6.56. The molecule has 2 amide bonds. The van der Waals surface area contributed by atoms with Crippen molar-refractivity contribution in [2.45, 2.75) is 50.6 Å². The summed E-state index contributed by atoms with van der Waals surface area (Å²) in [5.74, 6) is -1.83. The van der Waals surface area contributed by atoms with Crippen LogP contribution in [0.4, 0.5) is 14.5 Å². The molecule has 1 N–H and O–H groups in total. The third-order valence-electron chi connectivity index (χ3n) is 4.67.